The molecule has 0 amide bonds. The lowest BCUT2D eigenvalue weighted by molar-refractivity contribution is -0.0212. The molecule has 29 heavy (non-hydrogen) atoms. The van der Waals surface area contributed by atoms with Crippen molar-refractivity contribution in [3.05, 3.63) is 35.4 Å². The molecule has 2 saturated heterocycles. The molecule has 1 aromatic rings. The van der Waals surface area contributed by atoms with Crippen LogP contribution in [0.25, 0.3) is 0 Å². The van der Waals surface area contributed by atoms with Crippen LogP contribution in [-0.4, -0.2) is 87.5 Å². The molecular weight excluding hydrogens is 366 g/mol. The van der Waals surface area contributed by atoms with E-state index in [0.29, 0.717) is 12.6 Å². The summed E-state index contributed by atoms with van der Waals surface area (Å²) >= 11 is 0. The number of nitrogens with one attached hydrogen (secondary N) is 2. The monoisotopic (exact) mass is 403 g/mol. The van der Waals surface area contributed by atoms with Gasteiger partial charge in [0.25, 0.3) is 0 Å². The molecule has 0 saturated carbocycles. The van der Waals surface area contributed by atoms with Crippen molar-refractivity contribution in [3.8, 4) is 0 Å². The standard InChI is InChI=1S/C22H37N5O2/c1-3-23-22(24-7-8-26-9-12-28-13-10-26)25-16-20-5-4-6-21(15-20)18-27-11-14-29-19(2)17-27/h4-6,15,19H,3,7-14,16-18H2,1-2H3,(H2,23,24,25). The van der Waals surface area contributed by atoms with Crippen LogP contribution in [0, 0.1) is 0 Å². The molecule has 1 unspecified atom stereocenters. The van der Waals surface area contributed by atoms with Gasteiger partial charge in [-0.2, -0.15) is 0 Å². The van der Waals surface area contributed by atoms with E-state index in [4.69, 9.17) is 14.5 Å². The Hall–Kier alpha value is -1.67. The molecule has 0 spiro atoms. The van der Waals surface area contributed by atoms with Crippen LogP contribution in [0.4, 0.5) is 0 Å². The zero-order valence-corrected chi connectivity index (χ0v) is 18.0. The Morgan fingerprint density at radius 2 is 1.90 bits per heavy atom. The number of benzene rings is 1. The first-order valence-corrected chi connectivity index (χ1v) is 11.0. The third-order valence-electron chi connectivity index (χ3n) is 5.31. The maximum atomic E-state index is 5.65. The highest BCUT2D eigenvalue weighted by atomic mass is 16.5. The molecule has 0 aliphatic carbocycles. The Balaban J connectivity index is 1.48. The molecule has 162 valence electrons. The molecular formula is C22H37N5O2. The summed E-state index contributed by atoms with van der Waals surface area (Å²) in [6, 6.07) is 8.79. The second kappa shape index (κ2) is 12.1. The van der Waals surface area contributed by atoms with E-state index in [1.54, 1.807) is 0 Å². The quantitative estimate of drug-likeness (QED) is 0.504. The predicted molar refractivity (Wildman–Crippen MR) is 117 cm³/mol. The van der Waals surface area contributed by atoms with Crippen LogP contribution >= 0.6 is 0 Å². The van der Waals surface area contributed by atoms with Gasteiger partial charge in [0.15, 0.2) is 5.96 Å². The van der Waals surface area contributed by atoms with E-state index in [-0.39, 0.29) is 0 Å². The normalized spacial score (nSPS) is 21.9. The zero-order chi connectivity index (χ0) is 20.3. The summed E-state index contributed by atoms with van der Waals surface area (Å²) in [6.07, 6.45) is 0.322. The van der Waals surface area contributed by atoms with Crippen molar-refractivity contribution in [2.75, 3.05) is 65.6 Å². The van der Waals surface area contributed by atoms with Crippen molar-refractivity contribution in [2.24, 2.45) is 4.99 Å². The molecule has 3 rings (SSSR count). The summed E-state index contributed by atoms with van der Waals surface area (Å²) in [7, 11) is 0. The van der Waals surface area contributed by atoms with Crippen molar-refractivity contribution in [3.63, 3.8) is 0 Å². The van der Waals surface area contributed by atoms with E-state index in [9.17, 15) is 0 Å². The van der Waals surface area contributed by atoms with Crippen molar-refractivity contribution in [2.45, 2.75) is 33.0 Å². The van der Waals surface area contributed by atoms with Crippen molar-refractivity contribution < 1.29 is 9.47 Å². The minimum atomic E-state index is 0.322. The average Bonchev–Trinajstić information content (AvgIpc) is 2.73. The fourth-order valence-electron chi connectivity index (χ4n) is 3.79. The molecule has 2 fully saturated rings. The fourth-order valence-corrected chi connectivity index (χ4v) is 3.79. The minimum absolute atomic E-state index is 0.322. The number of morpholine rings is 2. The second-order valence-corrected chi connectivity index (χ2v) is 7.81. The average molecular weight is 404 g/mol. The lowest BCUT2D eigenvalue weighted by Crippen LogP contribution is -2.44. The molecule has 0 radical (unpaired) electrons. The first-order valence-electron chi connectivity index (χ1n) is 11.0. The summed E-state index contributed by atoms with van der Waals surface area (Å²) in [4.78, 5) is 9.68. The zero-order valence-electron chi connectivity index (χ0n) is 18.0. The van der Waals surface area contributed by atoms with Gasteiger partial charge < -0.3 is 20.1 Å². The van der Waals surface area contributed by atoms with Gasteiger partial charge in [-0.05, 0) is 25.0 Å². The number of ether oxygens (including phenoxy) is 2. The highest BCUT2D eigenvalue weighted by Gasteiger charge is 2.16. The van der Waals surface area contributed by atoms with E-state index in [2.05, 4.69) is 58.5 Å². The fraction of sp³-hybridized carbons (Fsp3) is 0.682. The van der Waals surface area contributed by atoms with E-state index < -0.39 is 0 Å². The summed E-state index contributed by atoms with van der Waals surface area (Å²) in [6.45, 7) is 15.2. The van der Waals surface area contributed by atoms with Crippen LogP contribution in [0.1, 0.15) is 25.0 Å². The second-order valence-electron chi connectivity index (χ2n) is 7.81. The van der Waals surface area contributed by atoms with E-state index >= 15 is 0 Å². The van der Waals surface area contributed by atoms with Crippen LogP contribution in [0.5, 0.6) is 0 Å². The Bertz CT molecular complexity index is 633. The predicted octanol–water partition coefficient (Wildman–Crippen LogP) is 1.29. The number of aliphatic imine (C=N–C) groups is 1. The topological polar surface area (TPSA) is 61.4 Å². The molecule has 7 heteroatoms. The molecule has 7 nitrogen and oxygen atoms in total. The van der Waals surface area contributed by atoms with Crippen LogP contribution in [0.3, 0.4) is 0 Å². The Labute approximate surface area is 175 Å². The third kappa shape index (κ3) is 7.93. The number of hydrogen-bond acceptors (Lipinski definition) is 5. The lowest BCUT2D eigenvalue weighted by Gasteiger charge is -2.31. The summed E-state index contributed by atoms with van der Waals surface area (Å²) in [5.41, 5.74) is 2.59. The third-order valence-corrected chi connectivity index (χ3v) is 5.31. The summed E-state index contributed by atoms with van der Waals surface area (Å²) < 4.78 is 11.1. The molecule has 1 aromatic carbocycles. The number of rotatable bonds is 8. The molecule has 0 aromatic heterocycles. The molecule has 0 bridgehead atoms. The van der Waals surface area contributed by atoms with E-state index in [0.717, 1.165) is 78.1 Å². The summed E-state index contributed by atoms with van der Waals surface area (Å²) in [5, 5.41) is 6.81. The lowest BCUT2D eigenvalue weighted by atomic mass is 10.1. The highest BCUT2D eigenvalue weighted by molar-refractivity contribution is 5.79. The molecule has 1 atom stereocenters. The van der Waals surface area contributed by atoms with Gasteiger partial charge in [0, 0.05) is 52.4 Å². The van der Waals surface area contributed by atoms with Gasteiger partial charge in [0.05, 0.1) is 32.5 Å². The maximum Gasteiger partial charge on any atom is 0.191 e. The van der Waals surface area contributed by atoms with Crippen molar-refractivity contribution in [1.29, 1.82) is 0 Å². The Kier molecular flexibility index (Phi) is 9.21. The first kappa shape index (κ1) is 22.0. The number of guanidine groups is 1. The SMILES string of the molecule is CCNC(=NCc1cccc(CN2CCOC(C)C2)c1)NCCN1CCOCC1. The van der Waals surface area contributed by atoms with Crippen LogP contribution < -0.4 is 10.6 Å². The van der Waals surface area contributed by atoms with Gasteiger partial charge in [-0.15, -0.1) is 0 Å². The smallest absolute Gasteiger partial charge is 0.191 e. The summed E-state index contributed by atoms with van der Waals surface area (Å²) in [5.74, 6) is 0.883. The molecule has 2 aliphatic heterocycles. The van der Waals surface area contributed by atoms with Gasteiger partial charge in [-0.25, -0.2) is 4.99 Å². The van der Waals surface area contributed by atoms with Gasteiger partial charge in [0.2, 0.25) is 0 Å². The number of nitrogens with zero attached hydrogens (tertiary/aromatic N) is 3. The van der Waals surface area contributed by atoms with Gasteiger partial charge in [-0.3, -0.25) is 9.80 Å². The Morgan fingerprint density at radius 3 is 2.69 bits per heavy atom. The van der Waals surface area contributed by atoms with Crippen LogP contribution in [0.15, 0.2) is 29.3 Å². The van der Waals surface area contributed by atoms with E-state index in [1.165, 1.54) is 11.1 Å². The number of hydrogen-bond donors (Lipinski definition) is 2. The molecule has 2 N–H and O–H groups in total. The minimum Gasteiger partial charge on any atom is -0.379 e. The van der Waals surface area contributed by atoms with E-state index in [1.807, 2.05) is 0 Å². The molecule has 2 heterocycles. The van der Waals surface area contributed by atoms with Crippen molar-refractivity contribution >= 4 is 5.96 Å². The van der Waals surface area contributed by atoms with Crippen LogP contribution in [0.2, 0.25) is 0 Å². The van der Waals surface area contributed by atoms with Crippen molar-refractivity contribution in [1.82, 2.24) is 20.4 Å². The first-order chi connectivity index (χ1) is 14.2. The Morgan fingerprint density at radius 1 is 1.10 bits per heavy atom. The highest BCUT2D eigenvalue weighted by Crippen LogP contribution is 2.12. The molecule has 2 aliphatic rings. The largest absolute Gasteiger partial charge is 0.379 e. The maximum absolute atomic E-state index is 5.65. The van der Waals surface area contributed by atoms with Crippen LogP contribution in [-0.2, 0) is 22.6 Å². The van der Waals surface area contributed by atoms with Gasteiger partial charge in [0.1, 0.15) is 0 Å². The van der Waals surface area contributed by atoms with Gasteiger partial charge >= 0.3 is 0 Å². The van der Waals surface area contributed by atoms with Gasteiger partial charge in [-0.1, -0.05) is 24.3 Å².